The van der Waals surface area contributed by atoms with Crippen LogP contribution < -0.4 is 9.47 Å². The first-order chi connectivity index (χ1) is 23.5. The van der Waals surface area contributed by atoms with Gasteiger partial charge in [0.25, 0.3) is 0 Å². The Morgan fingerprint density at radius 1 is 0.510 bits per heavy atom. The number of ether oxygens (including phenoxy) is 2. The minimum absolute atomic E-state index is 0. The van der Waals surface area contributed by atoms with Gasteiger partial charge in [-0.15, -0.1) is 0 Å². The predicted octanol–water partition coefficient (Wildman–Crippen LogP) is 10.1. The molecule has 0 bridgehead atoms. The normalized spacial score (nSPS) is 13.8. The van der Waals surface area contributed by atoms with Gasteiger partial charge >= 0.3 is 0 Å². The summed E-state index contributed by atoms with van der Waals surface area (Å²) in [5.41, 5.74) is 8.67. The quantitative estimate of drug-likeness (QED) is 0.163. The Morgan fingerprint density at radius 2 is 1.00 bits per heavy atom. The zero-order valence-corrected chi connectivity index (χ0v) is 28.2. The first-order valence-corrected chi connectivity index (χ1v) is 16.9. The van der Waals surface area contributed by atoms with E-state index in [0.29, 0.717) is 6.61 Å². The summed E-state index contributed by atoms with van der Waals surface area (Å²) in [5, 5.41) is 20.4. The molecule has 49 heavy (non-hydrogen) atoms. The molecule has 4 nitrogen and oxygen atoms in total. The summed E-state index contributed by atoms with van der Waals surface area (Å²) in [6, 6.07) is 48.3. The van der Waals surface area contributed by atoms with Crippen molar-refractivity contribution in [2.24, 2.45) is 0 Å². The van der Waals surface area contributed by atoms with E-state index in [1.807, 2.05) is 30.3 Å². The summed E-state index contributed by atoms with van der Waals surface area (Å²) in [6.07, 6.45) is 2.28. The van der Waals surface area contributed by atoms with E-state index in [1.165, 1.54) is 38.9 Å². The molecule has 0 saturated carbocycles. The van der Waals surface area contributed by atoms with Crippen molar-refractivity contribution in [1.29, 1.82) is 0 Å². The van der Waals surface area contributed by atoms with Gasteiger partial charge in [-0.2, -0.15) is 0 Å². The molecule has 254 valence electrons. The molecule has 4 heteroatoms. The molecule has 0 heterocycles. The van der Waals surface area contributed by atoms with Gasteiger partial charge in [-0.25, -0.2) is 0 Å². The van der Waals surface area contributed by atoms with Crippen LogP contribution in [0.5, 0.6) is 11.5 Å². The fraction of sp³-hybridized carbons (Fsp3) is 0.244. The second kappa shape index (κ2) is 18.0. The minimum Gasteiger partial charge on any atom is -0.491 e. The van der Waals surface area contributed by atoms with Gasteiger partial charge in [0.1, 0.15) is 24.7 Å². The van der Waals surface area contributed by atoms with E-state index in [2.05, 4.69) is 130 Å². The average Bonchev–Trinajstić information content (AvgIpc) is 3.42. The van der Waals surface area contributed by atoms with Gasteiger partial charge in [-0.05, 0) is 99.8 Å². The molecule has 1 aliphatic carbocycles. The largest absolute Gasteiger partial charge is 0.491 e. The van der Waals surface area contributed by atoms with Crippen molar-refractivity contribution < 1.29 is 19.7 Å². The average molecular weight is 655 g/mol. The molecule has 1 atom stereocenters. The van der Waals surface area contributed by atoms with Gasteiger partial charge in [0.15, 0.2) is 0 Å². The van der Waals surface area contributed by atoms with Gasteiger partial charge in [-0.3, -0.25) is 0 Å². The lowest BCUT2D eigenvalue weighted by molar-refractivity contribution is 0.201. The van der Waals surface area contributed by atoms with Crippen molar-refractivity contribution >= 4 is 10.8 Å². The molecule has 0 aliphatic heterocycles. The van der Waals surface area contributed by atoms with Gasteiger partial charge < -0.3 is 19.7 Å². The lowest BCUT2D eigenvalue weighted by Crippen LogP contribution is -2.22. The van der Waals surface area contributed by atoms with Crippen molar-refractivity contribution in [2.45, 2.75) is 46.5 Å². The molecule has 0 aromatic heterocycles. The standard InChI is InChI=1S/C28H26O4.2C8H10.CH4/c1-28(21-8-6-20-17-22(31-14-12-29)9-7-19(20)16-21)26-5-3-2-4-24(26)25-18-23(32-15-13-30)10-11-27(25)28;2*1-2-8-6-4-3-5-7-8;/h2-11,16-18,29-30H,12-15H2,1H3;2*3-7H,2H2,1H3;1H4. The molecule has 6 aromatic rings. The van der Waals surface area contributed by atoms with E-state index in [9.17, 15) is 0 Å². The van der Waals surface area contributed by atoms with Crippen LogP contribution in [0.25, 0.3) is 21.9 Å². The van der Waals surface area contributed by atoms with Gasteiger partial charge in [0.2, 0.25) is 0 Å². The SMILES string of the molecule is C.CC1(c2ccc3cc(OCCO)ccc3c2)c2ccccc2-c2cc(OCCO)ccc21.CCc1ccccc1.CCc1ccccc1. The molecule has 7 rings (SSSR count). The van der Waals surface area contributed by atoms with Crippen molar-refractivity contribution in [3.8, 4) is 22.6 Å². The Kier molecular flexibility index (Phi) is 13.6. The van der Waals surface area contributed by atoms with Crippen LogP contribution >= 0.6 is 0 Å². The van der Waals surface area contributed by atoms with Crippen molar-refractivity contribution in [3.63, 3.8) is 0 Å². The van der Waals surface area contributed by atoms with E-state index in [1.54, 1.807) is 0 Å². The van der Waals surface area contributed by atoms with Crippen LogP contribution in [0.3, 0.4) is 0 Å². The number of fused-ring (bicyclic) bond motifs is 4. The summed E-state index contributed by atoms with van der Waals surface area (Å²) >= 11 is 0. The molecule has 0 amide bonds. The van der Waals surface area contributed by atoms with Crippen LogP contribution in [0.1, 0.15) is 56.0 Å². The van der Waals surface area contributed by atoms with Gasteiger partial charge in [0.05, 0.1) is 13.2 Å². The molecule has 1 aliphatic rings. The van der Waals surface area contributed by atoms with Crippen LogP contribution in [-0.4, -0.2) is 36.6 Å². The van der Waals surface area contributed by atoms with E-state index in [0.717, 1.165) is 35.1 Å². The van der Waals surface area contributed by atoms with Crippen LogP contribution in [0.15, 0.2) is 140 Å². The van der Waals surface area contributed by atoms with Crippen LogP contribution in [-0.2, 0) is 18.3 Å². The first-order valence-electron chi connectivity index (χ1n) is 16.9. The third-order valence-electron chi connectivity index (χ3n) is 8.90. The summed E-state index contributed by atoms with van der Waals surface area (Å²) in [4.78, 5) is 0. The smallest absolute Gasteiger partial charge is 0.120 e. The van der Waals surface area contributed by atoms with Crippen molar-refractivity contribution in [1.82, 2.24) is 0 Å². The highest BCUT2D eigenvalue weighted by Crippen LogP contribution is 2.53. The third kappa shape index (κ3) is 8.77. The maximum absolute atomic E-state index is 9.11. The number of aryl methyl sites for hydroxylation is 2. The van der Waals surface area contributed by atoms with E-state index in [4.69, 9.17) is 19.7 Å². The fourth-order valence-electron chi connectivity index (χ4n) is 6.26. The van der Waals surface area contributed by atoms with E-state index < -0.39 is 0 Å². The number of aliphatic hydroxyl groups excluding tert-OH is 2. The number of hydrogen-bond donors (Lipinski definition) is 2. The monoisotopic (exact) mass is 654 g/mol. The Morgan fingerprint density at radius 3 is 1.57 bits per heavy atom. The summed E-state index contributed by atoms with van der Waals surface area (Å²) < 4.78 is 11.3. The van der Waals surface area contributed by atoms with Crippen LogP contribution in [0.4, 0.5) is 0 Å². The van der Waals surface area contributed by atoms with E-state index >= 15 is 0 Å². The number of hydrogen-bond acceptors (Lipinski definition) is 4. The highest BCUT2D eigenvalue weighted by atomic mass is 16.5. The summed E-state index contributed by atoms with van der Waals surface area (Å²) in [6.45, 7) is 7.18. The second-order valence-corrected chi connectivity index (χ2v) is 11.9. The molecular weight excluding hydrogens is 604 g/mol. The lowest BCUT2D eigenvalue weighted by Gasteiger charge is -2.28. The zero-order valence-electron chi connectivity index (χ0n) is 28.2. The Bertz CT molecular complexity index is 1840. The third-order valence-corrected chi connectivity index (χ3v) is 8.90. The van der Waals surface area contributed by atoms with Gasteiger partial charge in [0, 0.05) is 5.41 Å². The van der Waals surface area contributed by atoms with Crippen LogP contribution in [0, 0.1) is 0 Å². The minimum atomic E-state index is -0.290. The second-order valence-electron chi connectivity index (χ2n) is 11.9. The number of aliphatic hydroxyl groups is 2. The summed E-state index contributed by atoms with van der Waals surface area (Å²) in [5.74, 6) is 1.53. The molecular formula is C45H50O4. The maximum Gasteiger partial charge on any atom is 0.120 e. The Hall–Kier alpha value is -4.90. The molecule has 0 radical (unpaired) electrons. The van der Waals surface area contributed by atoms with Crippen LogP contribution in [0.2, 0.25) is 0 Å². The topological polar surface area (TPSA) is 58.9 Å². The zero-order chi connectivity index (χ0) is 33.8. The Balaban J connectivity index is 0.000000261. The highest BCUT2D eigenvalue weighted by Gasteiger charge is 2.40. The molecule has 0 fully saturated rings. The maximum atomic E-state index is 9.11. The fourth-order valence-corrected chi connectivity index (χ4v) is 6.26. The predicted molar refractivity (Wildman–Crippen MR) is 205 cm³/mol. The molecule has 0 saturated heterocycles. The lowest BCUT2D eigenvalue weighted by atomic mass is 9.74. The van der Waals surface area contributed by atoms with E-state index in [-0.39, 0.29) is 32.7 Å². The number of rotatable bonds is 9. The molecule has 1 unspecified atom stereocenters. The molecule has 6 aromatic carbocycles. The summed E-state index contributed by atoms with van der Waals surface area (Å²) in [7, 11) is 0. The number of benzene rings is 6. The first kappa shape index (κ1) is 36.9. The Labute approximate surface area is 292 Å². The van der Waals surface area contributed by atoms with Crippen molar-refractivity contribution in [2.75, 3.05) is 26.4 Å². The molecule has 2 N–H and O–H groups in total. The van der Waals surface area contributed by atoms with Gasteiger partial charge in [-0.1, -0.05) is 130 Å². The molecule has 0 spiro atoms. The highest BCUT2D eigenvalue weighted by molar-refractivity contribution is 5.88. The van der Waals surface area contributed by atoms with Crippen molar-refractivity contribution in [3.05, 3.63) is 167 Å².